The van der Waals surface area contributed by atoms with Gasteiger partial charge in [0.25, 0.3) is 0 Å². The molecule has 1 aromatic rings. The van der Waals surface area contributed by atoms with E-state index in [1.165, 1.54) is 19.3 Å². The van der Waals surface area contributed by atoms with Crippen LogP contribution in [0.4, 0.5) is 0 Å². The van der Waals surface area contributed by atoms with Crippen molar-refractivity contribution in [3.63, 3.8) is 0 Å². The molecule has 2 fully saturated rings. The van der Waals surface area contributed by atoms with Crippen molar-refractivity contribution in [3.8, 4) is 0 Å². The second-order valence-corrected chi connectivity index (χ2v) is 6.61. The number of ether oxygens (including phenoxy) is 1. The Bertz CT molecular complexity index is 532. The molecule has 1 aliphatic heterocycles. The summed E-state index contributed by atoms with van der Waals surface area (Å²) in [5, 5.41) is 6.63. The molecule has 120 valence electrons. The molecule has 0 unspecified atom stereocenters. The number of methoxy groups -OCH3 is 1. The van der Waals surface area contributed by atoms with Gasteiger partial charge in [-0.15, -0.1) is 0 Å². The van der Waals surface area contributed by atoms with Crippen LogP contribution in [0.5, 0.6) is 0 Å². The lowest BCUT2D eigenvalue weighted by Gasteiger charge is -2.37. The topological polar surface area (TPSA) is 50.4 Å². The Kier molecular flexibility index (Phi) is 4.79. The second-order valence-electron chi connectivity index (χ2n) is 6.61. The Morgan fingerprint density at radius 1 is 1.36 bits per heavy atom. The van der Waals surface area contributed by atoms with Gasteiger partial charge in [0.05, 0.1) is 12.0 Å². The summed E-state index contributed by atoms with van der Waals surface area (Å²) < 4.78 is 5.24. The van der Waals surface area contributed by atoms with Crippen LogP contribution in [0.15, 0.2) is 24.3 Å². The van der Waals surface area contributed by atoms with E-state index >= 15 is 0 Å². The third-order valence-electron chi connectivity index (χ3n) is 5.35. The predicted octanol–water partition coefficient (Wildman–Crippen LogP) is 2.23. The van der Waals surface area contributed by atoms with Gasteiger partial charge in [-0.05, 0) is 36.4 Å². The van der Waals surface area contributed by atoms with Gasteiger partial charge in [0.15, 0.2) is 0 Å². The van der Waals surface area contributed by atoms with Gasteiger partial charge in [-0.1, -0.05) is 37.1 Å². The summed E-state index contributed by atoms with van der Waals surface area (Å²) in [6.45, 7) is 3.01. The molecule has 0 spiro atoms. The zero-order valence-corrected chi connectivity index (χ0v) is 13.4. The molecule has 0 radical (unpaired) electrons. The van der Waals surface area contributed by atoms with Crippen LogP contribution in [0.2, 0.25) is 0 Å². The highest BCUT2D eigenvalue weighted by molar-refractivity contribution is 5.83. The molecule has 1 aromatic carbocycles. The summed E-state index contributed by atoms with van der Waals surface area (Å²) >= 11 is 0. The summed E-state index contributed by atoms with van der Waals surface area (Å²) in [6.07, 6.45) is 4.64. The molecule has 0 bridgehead atoms. The number of nitrogens with one attached hydrogen (secondary N) is 2. The number of fused-ring (bicyclic) bond motifs is 1. The first-order chi connectivity index (χ1) is 10.8. The molecule has 2 aliphatic rings. The summed E-state index contributed by atoms with van der Waals surface area (Å²) in [4.78, 5) is 12.9. The van der Waals surface area contributed by atoms with Gasteiger partial charge in [-0.2, -0.15) is 0 Å². The molecule has 1 aliphatic carbocycles. The largest absolute Gasteiger partial charge is 0.380 e. The third-order valence-corrected chi connectivity index (χ3v) is 5.35. The quantitative estimate of drug-likeness (QED) is 0.877. The third kappa shape index (κ3) is 2.90. The van der Waals surface area contributed by atoms with Crippen molar-refractivity contribution in [2.24, 2.45) is 11.3 Å². The molecule has 3 rings (SSSR count). The average molecular weight is 302 g/mol. The molecule has 1 heterocycles. The first kappa shape index (κ1) is 15.5. The molecule has 1 saturated carbocycles. The molecule has 2 atom stereocenters. The lowest BCUT2D eigenvalue weighted by molar-refractivity contribution is -0.134. The van der Waals surface area contributed by atoms with Crippen LogP contribution in [-0.2, 0) is 22.7 Å². The van der Waals surface area contributed by atoms with E-state index in [0.717, 1.165) is 30.6 Å². The van der Waals surface area contributed by atoms with E-state index in [1.54, 1.807) is 7.11 Å². The van der Waals surface area contributed by atoms with Crippen molar-refractivity contribution in [2.45, 2.75) is 38.8 Å². The lowest BCUT2D eigenvalue weighted by atomic mass is 9.67. The maximum Gasteiger partial charge on any atom is 0.228 e. The van der Waals surface area contributed by atoms with E-state index in [2.05, 4.69) is 22.8 Å². The molecule has 4 nitrogen and oxygen atoms in total. The Morgan fingerprint density at radius 2 is 2.18 bits per heavy atom. The number of hydrogen-bond acceptors (Lipinski definition) is 3. The van der Waals surface area contributed by atoms with Gasteiger partial charge < -0.3 is 15.4 Å². The van der Waals surface area contributed by atoms with Crippen LogP contribution in [0.3, 0.4) is 0 Å². The number of carbonyl (C=O) groups is 1. The Balaban J connectivity index is 1.67. The molecular weight excluding hydrogens is 276 g/mol. The zero-order chi connectivity index (χ0) is 15.4. The van der Waals surface area contributed by atoms with E-state index in [1.807, 2.05) is 12.1 Å². The fraction of sp³-hybridized carbons (Fsp3) is 0.611. The number of benzene rings is 1. The van der Waals surface area contributed by atoms with Crippen LogP contribution in [0.25, 0.3) is 0 Å². The molecule has 0 aromatic heterocycles. The van der Waals surface area contributed by atoms with Crippen molar-refractivity contribution in [2.75, 3.05) is 20.2 Å². The molecule has 2 N–H and O–H groups in total. The Morgan fingerprint density at radius 3 is 3.00 bits per heavy atom. The molecule has 4 heteroatoms. The highest BCUT2D eigenvalue weighted by atomic mass is 16.5. The standard InChI is InChI=1S/C18H26N2O2/c1-22-12-15-7-3-2-6-14(15)10-20-17(21)18-9-5-4-8-16(18)11-19-13-18/h2-3,6-7,16,19H,4-5,8-13H2,1H3,(H,20,21)/t16-,18+/m0/s1. The molecule has 1 saturated heterocycles. The molecule has 1 amide bonds. The van der Waals surface area contributed by atoms with Crippen LogP contribution < -0.4 is 10.6 Å². The highest BCUT2D eigenvalue weighted by Crippen LogP contribution is 2.43. The van der Waals surface area contributed by atoms with Crippen LogP contribution in [0.1, 0.15) is 36.8 Å². The second kappa shape index (κ2) is 6.80. The fourth-order valence-corrected chi connectivity index (χ4v) is 4.07. The van der Waals surface area contributed by atoms with Crippen molar-refractivity contribution < 1.29 is 9.53 Å². The van der Waals surface area contributed by atoms with E-state index in [-0.39, 0.29) is 11.3 Å². The van der Waals surface area contributed by atoms with Crippen molar-refractivity contribution in [1.29, 1.82) is 0 Å². The van der Waals surface area contributed by atoms with Gasteiger partial charge in [0.2, 0.25) is 5.91 Å². The van der Waals surface area contributed by atoms with E-state index in [0.29, 0.717) is 19.1 Å². The predicted molar refractivity (Wildman–Crippen MR) is 86.3 cm³/mol. The fourth-order valence-electron chi connectivity index (χ4n) is 4.07. The van der Waals surface area contributed by atoms with E-state index in [4.69, 9.17) is 4.74 Å². The first-order valence-corrected chi connectivity index (χ1v) is 8.31. The number of rotatable bonds is 5. The van der Waals surface area contributed by atoms with Crippen molar-refractivity contribution in [3.05, 3.63) is 35.4 Å². The van der Waals surface area contributed by atoms with Crippen molar-refractivity contribution >= 4 is 5.91 Å². The zero-order valence-electron chi connectivity index (χ0n) is 13.4. The van der Waals surface area contributed by atoms with E-state index in [9.17, 15) is 4.79 Å². The Labute approximate surface area is 132 Å². The van der Waals surface area contributed by atoms with Crippen LogP contribution in [-0.4, -0.2) is 26.1 Å². The van der Waals surface area contributed by atoms with Gasteiger partial charge >= 0.3 is 0 Å². The maximum absolute atomic E-state index is 12.9. The van der Waals surface area contributed by atoms with Crippen LogP contribution in [0, 0.1) is 11.3 Å². The minimum absolute atomic E-state index is 0.172. The van der Waals surface area contributed by atoms with Gasteiger partial charge in [0.1, 0.15) is 0 Å². The summed E-state index contributed by atoms with van der Waals surface area (Å²) in [7, 11) is 1.70. The first-order valence-electron chi connectivity index (χ1n) is 8.31. The molecular formula is C18H26N2O2. The lowest BCUT2D eigenvalue weighted by Crippen LogP contribution is -2.47. The van der Waals surface area contributed by atoms with Gasteiger partial charge in [0, 0.05) is 20.2 Å². The number of amides is 1. The summed E-state index contributed by atoms with van der Waals surface area (Å²) in [5.41, 5.74) is 2.12. The van der Waals surface area contributed by atoms with E-state index < -0.39 is 0 Å². The number of hydrogen-bond donors (Lipinski definition) is 2. The monoisotopic (exact) mass is 302 g/mol. The van der Waals surface area contributed by atoms with Gasteiger partial charge in [-0.3, -0.25) is 4.79 Å². The minimum atomic E-state index is -0.172. The minimum Gasteiger partial charge on any atom is -0.380 e. The number of carbonyl (C=O) groups excluding carboxylic acids is 1. The summed E-state index contributed by atoms with van der Waals surface area (Å²) in [5.74, 6) is 0.741. The van der Waals surface area contributed by atoms with Crippen molar-refractivity contribution in [1.82, 2.24) is 10.6 Å². The smallest absolute Gasteiger partial charge is 0.228 e. The normalized spacial score (nSPS) is 27.4. The highest BCUT2D eigenvalue weighted by Gasteiger charge is 2.49. The maximum atomic E-state index is 12.9. The van der Waals surface area contributed by atoms with Gasteiger partial charge in [-0.25, -0.2) is 0 Å². The SMILES string of the molecule is COCc1ccccc1CNC(=O)[C@@]12CCCC[C@H]1CNC2. The average Bonchev–Trinajstić information content (AvgIpc) is 2.99. The Hall–Kier alpha value is -1.39. The van der Waals surface area contributed by atoms with Crippen LogP contribution >= 0.6 is 0 Å². The summed E-state index contributed by atoms with van der Waals surface area (Å²) in [6, 6.07) is 8.15. The molecule has 22 heavy (non-hydrogen) atoms.